The lowest BCUT2D eigenvalue weighted by molar-refractivity contribution is -0.141. The van der Waals surface area contributed by atoms with Crippen molar-refractivity contribution in [2.24, 2.45) is 0 Å². The summed E-state index contributed by atoms with van der Waals surface area (Å²) >= 11 is 0. The number of esters is 1. The Morgan fingerprint density at radius 2 is 2.28 bits per heavy atom. The zero-order valence-electron chi connectivity index (χ0n) is 10.3. The van der Waals surface area contributed by atoms with E-state index in [1.165, 1.54) is 0 Å². The fraction of sp³-hybridized carbons (Fsp3) is 0.286. The van der Waals surface area contributed by atoms with Gasteiger partial charge < -0.3 is 9.84 Å². The molecule has 0 spiro atoms. The molecule has 0 bridgehead atoms. The molecule has 0 aromatic rings. The predicted molar refractivity (Wildman–Crippen MR) is 67.9 cm³/mol. The molecule has 0 fully saturated rings. The van der Waals surface area contributed by atoms with Crippen LogP contribution in [0.15, 0.2) is 48.1 Å². The molecule has 1 aliphatic rings. The van der Waals surface area contributed by atoms with Gasteiger partial charge in [-0.2, -0.15) is 0 Å². The van der Waals surface area contributed by atoms with Gasteiger partial charge in [-0.25, -0.2) is 4.79 Å². The van der Waals surface area contributed by atoms with Gasteiger partial charge in [0, 0.05) is 12.0 Å². The molecule has 0 amide bonds. The Labute approximate surface area is 106 Å². The standard InChI is InChI=1S/C14H16O4/c1-3-4-5-6-12-10(2)9-11(14(17)18-12)7-8-13(15)16/h3-6,9,12H,2,7-8H2,1H3,(H,15,16)/b4-3+,6-5+. The summed E-state index contributed by atoms with van der Waals surface area (Å²) < 4.78 is 5.17. The predicted octanol–water partition coefficient (Wildman–Crippen LogP) is 2.39. The highest BCUT2D eigenvalue weighted by molar-refractivity contribution is 5.91. The van der Waals surface area contributed by atoms with Gasteiger partial charge >= 0.3 is 11.9 Å². The maximum atomic E-state index is 11.6. The first-order valence-corrected chi connectivity index (χ1v) is 5.66. The SMILES string of the molecule is C=C1C=C(CCC(=O)O)C(=O)OC1/C=C/C=C/C. The molecule has 0 aromatic carbocycles. The highest BCUT2D eigenvalue weighted by atomic mass is 16.5. The van der Waals surface area contributed by atoms with Gasteiger partial charge in [-0.1, -0.05) is 24.8 Å². The van der Waals surface area contributed by atoms with Gasteiger partial charge in [-0.05, 0) is 31.1 Å². The molecular formula is C14H16O4. The van der Waals surface area contributed by atoms with Crippen molar-refractivity contribution in [1.82, 2.24) is 0 Å². The molecular weight excluding hydrogens is 232 g/mol. The van der Waals surface area contributed by atoms with Crippen LogP contribution in [0.5, 0.6) is 0 Å². The van der Waals surface area contributed by atoms with E-state index in [2.05, 4.69) is 6.58 Å². The van der Waals surface area contributed by atoms with Crippen molar-refractivity contribution >= 4 is 11.9 Å². The molecule has 0 aromatic heterocycles. The number of carboxylic acid groups (broad SMARTS) is 1. The third kappa shape index (κ3) is 4.05. The molecule has 0 saturated heterocycles. The summed E-state index contributed by atoms with van der Waals surface area (Å²) in [5, 5.41) is 8.57. The minimum atomic E-state index is -0.940. The Bertz CT molecular complexity index is 441. The van der Waals surface area contributed by atoms with Gasteiger partial charge in [-0.15, -0.1) is 0 Å². The number of ether oxygens (including phenoxy) is 1. The van der Waals surface area contributed by atoms with Gasteiger partial charge in [-0.3, -0.25) is 4.79 Å². The van der Waals surface area contributed by atoms with Gasteiger partial charge in [0.05, 0.1) is 0 Å². The summed E-state index contributed by atoms with van der Waals surface area (Å²) in [5.74, 6) is -1.41. The number of hydrogen-bond acceptors (Lipinski definition) is 3. The summed E-state index contributed by atoms with van der Waals surface area (Å²) in [4.78, 5) is 22.1. The monoisotopic (exact) mass is 248 g/mol. The van der Waals surface area contributed by atoms with Crippen molar-refractivity contribution in [3.63, 3.8) is 0 Å². The summed E-state index contributed by atoms with van der Waals surface area (Å²) in [7, 11) is 0. The number of hydrogen-bond donors (Lipinski definition) is 1. The Balaban J connectivity index is 2.71. The van der Waals surface area contributed by atoms with Crippen molar-refractivity contribution in [2.75, 3.05) is 0 Å². The van der Waals surface area contributed by atoms with E-state index < -0.39 is 18.0 Å². The number of rotatable bonds is 5. The van der Waals surface area contributed by atoms with E-state index in [0.29, 0.717) is 11.1 Å². The summed E-state index contributed by atoms with van der Waals surface area (Å²) in [6, 6.07) is 0. The van der Waals surface area contributed by atoms with Crippen LogP contribution in [0.1, 0.15) is 19.8 Å². The van der Waals surface area contributed by atoms with E-state index in [9.17, 15) is 9.59 Å². The quantitative estimate of drug-likeness (QED) is 0.599. The average Bonchev–Trinajstić information content (AvgIpc) is 2.31. The molecule has 1 rings (SSSR count). The van der Waals surface area contributed by atoms with Crippen LogP contribution in [0.25, 0.3) is 0 Å². The zero-order chi connectivity index (χ0) is 13.5. The Hall–Kier alpha value is -2.10. The Kier molecular flexibility index (Phi) is 5.11. The smallest absolute Gasteiger partial charge is 0.334 e. The number of carboxylic acids is 1. The molecule has 0 radical (unpaired) electrons. The third-order valence-corrected chi connectivity index (χ3v) is 2.42. The number of aliphatic carboxylic acids is 1. The molecule has 4 nitrogen and oxygen atoms in total. The maximum absolute atomic E-state index is 11.6. The number of carbonyl (C=O) groups excluding carboxylic acids is 1. The zero-order valence-corrected chi connectivity index (χ0v) is 10.3. The Morgan fingerprint density at radius 3 is 2.89 bits per heavy atom. The largest absolute Gasteiger partial charge is 0.481 e. The van der Waals surface area contributed by atoms with Gasteiger partial charge in [0.15, 0.2) is 0 Å². The second kappa shape index (κ2) is 6.59. The third-order valence-electron chi connectivity index (χ3n) is 2.42. The van der Waals surface area contributed by atoms with Gasteiger partial charge in [0.1, 0.15) is 6.10 Å². The molecule has 1 aliphatic heterocycles. The van der Waals surface area contributed by atoms with Crippen LogP contribution in [0.4, 0.5) is 0 Å². The summed E-state index contributed by atoms with van der Waals surface area (Å²) in [6.45, 7) is 5.69. The van der Waals surface area contributed by atoms with Crippen LogP contribution in [0, 0.1) is 0 Å². The van der Waals surface area contributed by atoms with Crippen LogP contribution >= 0.6 is 0 Å². The van der Waals surface area contributed by atoms with E-state index in [1.807, 2.05) is 19.1 Å². The highest BCUT2D eigenvalue weighted by Crippen LogP contribution is 2.22. The molecule has 0 saturated carbocycles. The van der Waals surface area contributed by atoms with Crippen molar-refractivity contribution in [2.45, 2.75) is 25.9 Å². The minimum absolute atomic E-state index is 0.0900. The van der Waals surface area contributed by atoms with Crippen LogP contribution < -0.4 is 0 Å². The minimum Gasteiger partial charge on any atom is -0.481 e. The number of allylic oxidation sites excluding steroid dienone is 3. The van der Waals surface area contributed by atoms with Crippen LogP contribution in [0.2, 0.25) is 0 Å². The average molecular weight is 248 g/mol. The molecule has 4 heteroatoms. The van der Waals surface area contributed by atoms with Crippen LogP contribution in [-0.2, 0) is 14.3 Å². The van der Waals surface area contributed by atoms with E-state index in [-0.39, 0.29) is 12.8 Å². The molecule has 0 aliphatic carbocycles. The first-order valence-electron chi connectivity index (χ1n) is 5.66. The van der Waals surface area contributed by atoms with Crippen molar-refractivity contribution in [3.8, 4) is 0 Å². The van der Waals surface area contributed by atoms with Crippen LogP contribution in [-0.4, -0.2) is 23.1 Å². The fourth-order valence-electron chi connectivity index (χ4n) is 1.49. The summed E-state index contributed by atoms with van der Waals surface area (Å²) in [5.41, 5.74) is 1.01. The number of carbonyl (C=O) groups is 2. The highest BCUT2D eigenvalue weighted by Gasteiger charge is 2.23. The van der Waals surface area contributed by atoms with E-state index in [4.69, 9.17) is 9.84 Å². The second-order valence-corrected chi connectivity index (χ2v) is 3.87. The van der Waals surface area contributed by atoms with Gasteiger partial charge in [0.2, 0.25) is 0 Å². The molecule has 1 atom stereocenters. The molecule has 1 heterocycles. The first-order chi connectivity index (χ1) is 8.54. The summed E-state index contributed by atoms with van der Waals surface area (Å²) in [6.07, 6.45) is 8.40. The molecule has 1 N–H and O–H groups in total. The first kappa shape index (κ1) is 14.0. The van der Waals surface area contributed by atoms with E-state index >= 15 is 0 Å². The maximum Gasteiger partial charge on any atom is 0.334 e. The van der Waals surface area contributed by atoms with E-state index in [0.717, 1.165) is 0 Å². The molecule has 96 valence electrons. The lowest BCUT2D eigenvalue weighted by Gasteiger charge is -2.21. The molecule has 18 heavy (non-hydrogen) atoms. The van der Waals surface area contributed by atoms with Crippen molar-refractivity contribution in [3.05, 3.63) is 48.1 Å². The lowest BCUT2D eigenvalue weighted by Crippen LogP contribution is -2.24. The van der Waals surface area contributed by atoms with Crippen molar-refractivity contribution < 1.29 is 19.4 Å². The Morgan fingerprint density at radius 1 is 1.56 bits per heavy atom. The van der Waals surface area contributed by atoms with Crippen LogP contribution in [0.3, 0.4) is 0 Å². The normalized spacial score (nSPS) is 20.3. The van der Waals surface area contributed by atoms with E-state index in [1.54, 1.807) is 18.2 Å². The fourth-order valence-corrected chi connectivity index (χ4v) is 1.49. The lowest BCUT2D eigenvalue weighted by atomic mass is 10.0. The molecule has 1 unspecified atom stereocenters. The topological polar surface area (TPSA) is 63.6 Å². The second-order valence-electron chi connectivity index (χ2n) is 3.87. The van der Waals surface area contributed by atoms with Gasteiger partial charge in [0.25, 0.3) is 0 Å². The van der Waals surface area contributed by atoms with Crippen molar-refractivity contribution in [1.29, 1.82) is 0 Å². The number of cyclic esters (lactones) is 1.